The summed E-state index contributed by atoms with van der Waals surface area (Å²) >= 11 is 0. The van der Waals surface area contributed by atoms with E-state index in [1.54, 1.807) is 0 Å². The van der Waals surface area contributed by atoms with Crippen LogP contribution in [0.4, 0.5) is 5.82 Å². The summed E-state index contributed by atoms with van der Waals surface area (Å²) in [6, 6.07) is 18.0. The van der Waals surface area contributed by atoms with Crippen molar-refractivity contribution in [3.8, 4) is 17.0 Å². The summed E-state index contributed by atoms with van der Waals surface area (Å²) in [7, 11) is 0. The van der Waals surface area contributed by atoms with Crippen LogP contribution in [0.3, 0.4) is 0 Å². The third kappa shape index (κ3) is 4.90. The number of amides is 1. The van der Waals surface area contributed by atoms with E-state index in [2.05, 4.69) is 53.2 Å². The van der Waals surface area contributed by atoms with E-state index in [0.29, 0.717) is 6.54 Å². The molecule has 0 saturated carbocycles. The Balaban J connectivity index is 1.38. The number of anilines is 1. The first-order valence-electron chi connectivity index (χ1n) is 10.9. The van der Waals surface area contributed by atoms with Crippen molar-refractivity contribution in [3.05, 3.63) is 65.7 Å². The van der Waals surface area contributed by atoms with E-state index in [-0.39, 0.29) is 5.91 Å². The number of nitrogens with one attached hydrogen (secondary N) is 1. The van der Waals surface area contributed by atoms with Crippen LogP contribution in [0.15, 0.2) is 54.6 Å². The molecule has 1 atom stereocenters. The Morgan fingerprint density at radius 2 is 1.81 bits per heavy atom. The average Bonchev–Trinajstić information content (AvgIpc) is 3.14. The van der Waals surface area contributed by atoms with Crippen molar-refractivity contribution in [2.45, 2.75) is 33.3 Å². The molecule has 1 aromatic heterocycles. The first-order chi connectivity index (χ1) is 15.0. The predicted octanol–water partition coefficient (Wildman–Crippen LogP) is 4.20. The van der Waals surface area contributed by atoms with Gasteiger partial charge in [0, 0.05) is 32.2 Å². The molecule has 0 aliphatic carbocycles. The van der Waals surface area contributed by atoms with Gasteiger partial charge in [0.05, 0.1) is 5.69 Å². The molecule has 2 heterocycles. The fourth-order valence-corrected chi connectivity index (χ4v) is 3.91. The lowest BCUT2D eigenvalue weighted by molar-refractivity contribution is -0.137. The summed E-state index contributed by atoms with van der Waals surface area (Å²) < 4.78 is 5.83. The van der Waals surface area contributed by atoms with Gasteiger partial charge in [0.2, 0.25) is 0 Å². The molecule has 6 nitrogen and oxygen atoms in total. The SMILES string of the molecule is Cc1ccc(-c2cc(N3CCCN(C(=O)[C@H](C)Oc4ccccc4)CC3)n[nH]2)cc1C. The van der Waals surface area contributed by atoms with E-state index in [9.17, 15) is 4.79 Å². The number of hydrogen-bond acceptors (Lipinski definition) is 4. The maximum atomic E-state index is 12.9. The summed E-state index contributed by atoms with van der Waals surface area (Å²) in [5, 5.41) is 7.72. The van der Waals surface area contributed by atoms with Crippen molar-refractivity contribution in [1.29, 1.82) is 0 Å². The number of ether oxygens (including phenoxy) is 1. The normalized spacial score (nSPS) is 15.5. The fraction of sp³-hybridized carbons (Fsp3) is 0.360. The zero-order valence-electron chi connectivity index (χ0n) is 18.5. The largest absolute Gasteiger partial charge is 0.481 e. The Morgan fingerprint density at radius 1 is 1.00 bits per heavy atom. The van der Waals surface area contributed by atoms with E-state index >= 15 is 0 Å². The van der Waals surface area contributed by atoms with Gasteiger partial charge >= 0.3 is 0 Å². The number of rotatable bonds is 5. The van der Waals surface area contributed by atoms with Crippen LogP contribution in [-0.2, 0) is 4.79 Å². The van der Waals surface area contributed by atoms with Crippen LogP contribution in [0.2, 0.25) is 0 Å². The summed E-state index contributed by atoms with van der Waals surface area (Å²) in [6.45, 7) is 9.07. The van der Waals surface area contributed by atoms with Crippen molar-refractivity contribution in [1.82, 2.24) is 15.1 Å². The maximum absolute atomic E-state index is 12.9. The van der Waals surface area contributed by atoms with E-state index in [0.717, 1.165) is 48.9 Å². The zero-order valence-corrected chi connectivity index (χ0v) is 18.5. The van der Waals surface area contributed by atoms with Gasteiger partial charge in [-0.25, -0.2) is 0 Å². The van der Waals surface area contributed by atoms with Crippen LogP contribution in [0.5, 0.6) is 5.75 Å². The number of carbonyl (C=O) groups excluding carboxylic acids is 1. The summed E-state index contributed by atoms with van der Waals surface area (Å²) in [5.74, 6) is 1.68. The number of carbonyl (C=O) groups is 1. The summed E-state index contributed by atoms with van der Waals surface area (Å²) in [4.78, 5) is 17.1. The van der Waals surface area contributed by atoms with Crippen molar-refractivity contribution in [2.24, 2.45) is 0 Å². The topological polar surface area (TPSA) is 61.5 Å². The molecule has 1 saturated heterocycles. The number of aryl methyl sites for hydroxylation is 2. The summed E-state index contributed by atoms with van der Waals surface area (Å²) in [5.41, 5.74) is 4.70. The highest BCUT2D eigenvalue weighted by molar-refractivity contribution is 5.81. The Bertz CT molecular complexity index is 1030. The molecule has 0 spiro atoms. The smallest absolute Gasteiger partial charge is 0.263 e. The minimum atomic E-state index is -0.504. The van der Waals surface area contributed by atoms with E-state index in [1.165, 1.54) is 11.1 Å². The van der Waals surface area contributed by atoms with Gasteiger partial charge in [-0.05, 0) is 62.1 Å². The molecule has 6 heteroatoms. The minimum absolute atomic E-state index is 0.0311. The Hall–Kier alpha value is -3.28. The molecule has 0 bridgehead atoms. The predicted molar refractivity (Wildman–Crippen MR) is 123 cm³/mol. The lowest BCUT2D eigenvalue weighted by Gasteiger charge is -2.25. The minimum Gasteiger partial charge on any atom is -0.481 e. The van der Waals surface area contributed by atoms with Gasteiger partial charge in [-0.15, -0.1) is 0 Å². The van der Waals surface area contributed by atoms with Crippen LogP contribution >= 0.6 is 0 Å². The fourth-order valence-electron chi connectivity index (χ4n) is 3.91. The van der Waals surface area contributed by atoms with Crippen molar-refractivity contribution in [2.75, 3.05) is 31.1 Å². The molecule has 0 radical (unpaired) electrons. The second-order valence-electron chi connectivity index (χ2n) is 8.18. The van der Waals surface area contributed by atoms with Crippen LogP contribution < -0.4 is 9.64 Å². The second kappa shape index (κ2) is 9.25. The number of aromatic nitrogens is 2. The first kappa shape index (κ1) is 21.0. The van der Waals surface area contributed by atoms with Crippen molar-refractivity contribution >= 4 is 11.7 Å². The lowest BCUT2D eigenvalue weighted by Crippen LogP contribution is -2.42. The number of benzene rings is 2. The molecule has 3 aromatic rings. The molecule has 2 aromatic carbocycles. The number of para-hydroxylation sites is 1. The van der Waals surface area contributed by atoms with Crippen LogP contribution in [0.1, 0.15) is 24.5 Å². The van der Waals surface area contributed by atoms with Crippen LogP contribution in [0, 0.1) is 13.8 Å². The van der Waals surface area contributed by atoms with Gasteiger partial charge in [-0.2, -0.15) is 5.10 Å². The average molecular weight is 419 g/mol. The van der Waals surface area contributed by atoms with Gasteiger partial charge < -0.3 is 14.5 Å². The monoisotopic (exact) mass is 418 g/mol. The van der Waals surface area contributed by atoms with Crippen molar-refractivity contribution in [3.63, 3.8) is 0 Å². The number of nitrogens with zero attached hydrogens (tertiary/aromatic N) is 3. The first-order valence-corrected chi connectivity index (χ1v) is 10.9. The van der Waals surface area contributed by atoms with E-state index in [4.69, 9.17) is 4.74 Å². The van der Waals surface area contributed by atoms with Gasteiger partial charge in [0.15, 0.2) is 11.9 Å². The lowest BCUT2D eigenvalue weighted by atomic mass is 10.0. The molecule has 0 unspecified atom stereocenters. The Labute approximate surface area is 183 Å². The number of aromatic amines is 1. The summed E-state index contributed by atoms with van der Waals surface area (Å²) in [6.07, 6.45) is 0.394. The van der Waals surface area contributed by atoms with Crippen LogP contribution in [-0.4, -0.2) is 53.3 Å². The van der Waals surface area contributed by atoms with Crippen molar-refractivity contribution < 1.29 is 9.53 Å². The highest BCUT2D eigenvalue weighted by Crippen LogP contribution is 2.25. The molecule has 31 heavy (non-hydrogen) atoms. The Morgan fingerprint density at radius 3 is 2.58 bits per heavy atom. The highest BCUT2D eigenvalue weighted by atomic mass is 16.5. The number of H-pyrrole nitrogens is 1. The van der Waals surface area contributed by atoms with Gasteiger partial charge in [0.25, 0.3) is 5.91 Å². The zero-order chi connectivity index (χ0) is 21.8. The molecule has 162 valence electrons. The molecule has 4 rings (SSSR count). The molecule has 1 amide bonds. The van der Waals surface area contributed by atoms with Gasteiger partial charge in [0.1, 0.15) is 5.75 Å². The molecule has 1 N–H and O–H groups in total. The third-order valence-corrected chi connectivity index (χ3v) is 5.92. The van der Waals surface area contributed by atoms with E-state index < -0.39 is 6.10 Å². The Kier molecular flexibility index (Phi) is 6.26. The second-order valence-corrected chi connectivity index (χ2v) is 8.18. The quantitative estimate of drug-likeness (QED) is 0.675. The van der Waals surface area contributed by atoms with Gasteiger partial charge in [-0.3, -0.25) is 9.89 Å². The third-order valence-electron chi connectivity index (χ3n) is 5.92. The molecule has 1 aliphatic rings. The molecule has 1 fully saturated rings. The van der Waals surface area contributed by atoms with Gasteiger partial charge in [-0.1, -0.05) is 30.3 Å². The molecular weight excluding hydrogens is 388 g/mol. The number of hydrogen-bond donors (Lipinski definition) is 1. The van der Waals surface area contributed by atoms with Crippen LogP contribution in [0.25, 0.3) is 11.3 Å². The highest BCUT2D eigenvalue weighted by Gasteiger charge is 2.25. The molecule has 1 aliphatic heterocycles. The maximum Gasteiger partial charge on any atom is 0.263 e. The molecular formula is C25H30N4O2. The standard InChI is InChI=1S/C25H30N4O2/c1-18-10-11-21(16-19(18)2)23-17-24(27-26-23)28-12-7-13-29(15-14-28)25(30)20(3)31-22-8-5-4-6-9-22/h4-6,8-11,16-17,20H,7,12-15H2,1-3H3,(H,26,27)/t20-/m0/s1. The van der Waals surface area contributed by atoms with E-state index in [1.807, 2.05) is 42.2 Å².